The van der Waals surface area contributed by atoms with Crippen molar-refractivity contribution in [2.24, 2.45) is 12.0 Å². The second kappa shape index (κ2) is 9.30. The van der Waals surface area contributed by atoms with Crippen molar-refractivity contribution >= 4 is 40.5 Å². The van der Waals surface area contributed by atoms with Gasteiger partial charge in [0.15, 0.2) is 5.96 Å². The molecule has 2 aromatic rings. The van der Waals surface area contributed by atoms with Gasteiger partial charge in [-0.25, -0.2) is 9.98 Å². The summed E-state index contributed by atoms with van der Waals surface area (Å²) in [6, 6.07) is 1.85. The summed E-state index contributed by atoms with van der Waals surface area (Å²) in [7, 11) is 1.88. The lowest BCUT2D eigenvalue weighted by Crippen LogP contribution is -2.38. The molecule has 0 spiro atoms. The topological polar surface area (TPSA) is 54.2 Å². The summed E-state index contributed by atoms with van der Waals surface area (Å²) in [4.78, 5) is 9.16. The first-order valence-electron chi connectivity index (χ1n) is 8.00. The minimum Gasteiger partial charge on any atom is -0.357 e. The molecule has 0 amide bonds. The molecule has 24 heavy (non-hydrogen) atoms. The maximum absolute atomic E-state index is 6.09. The first-order valence-corrected chi connectivity index (χ1v) is 9.63. The van der Waals surface area contributed by atoms with E-state index in [0.717, 1.165) is 43.3 Å². The number of aliphatic imine (C=N–C) groups is 1. The molecule has 2 aromatic heterocycles. The van der Waals surface area contributed by atoms with Gasteiger partial charge in [0.1, 0.15) is 5.15 Å². The first-order chi connectivity index (χ1) is 11.5. The van der Waals surface area contributed by atoms with E-state index in [2.05, 4.69) is 32.9 Å². The third kappa shape index (κ3) is 5.13. The Morgan fingerprint density at radius 2 is 2.12 bits per heavy atom. The number of aromatic nitrogens is 2. The molecule has 0 bridgehead atoms. The number of hydrogen-bond donors (Lipinski definition) is 2. The normalized spacial score (nSPS) is 11.8. The molecule has 0 aliphatic rings. The Kier molecular flexibility index (Phi) is 7.40. The van der Waals surface area contributed by atoms with Gasteiger partial charge in [-0.2, -0.15) is 0 Å². The van der Waals surface area contributed by atoms with Crippen molar-refractivity contribution in [3.63, 3.8) is 0 Å². The molecule has 0 aliphatic carbocycles. The number of guanidine groups is 1. The van der Waals surface area contributed by atoms with E-state index >= 15 is 0 Å². The zero-order valence-electron chi connectivity index (χ0n) is 14.2. The van der Waals surface area contributed by atoms with Gasteiger partial charge in [0.25, 0.3) is 0 Å². The van der Waals surface area contributed by atoms with Gasteiger partial charge in [0, 0.05) is 37.6 Å². The molecular formula is C16H23Cl2N5S. The van der Waals surface area contributed by atoms with Crippen molar-refractivity contribution in [2.75, 3.05) is 13.1 Å². The minimum atomic E-state index is 0.509. The van der Waals surface area contributed by atoms with Crippen LogP contribution in [0.15, 0.2) is 16.4 Å². The zero-order valence-corrected chi connectivity index (χ0v) is 16.5. The maximum Gasteiger partial charge on any atom is 0.191 e. The number of thiazole rings is 1. The van der Waals surface area contributed by atoms with Gasteiger partial charge in [-0.05, 0) is 19.4 Å². The summed E-state index contributed by atoms with van der Waals surface area (Å²) in [5.74, 6) is 0.775. The summed E-state index contributed by atoms with van der Waals surface area (Å²) in [6.45, 7) is 6.26. The number of nitrogens with one attached hydrogen (secondary N) is 2. The van der Waals surface area contributed by atoms with Crippen LogP contribution in [0.25, 0.3) is 0 Å². The molecule has 0 saturated heterocycles. The largest absolute Gasteiger partial charge is 0.357 e. The smallest absolute Gasteiger partial charge is 0.191 e. The maximum atomic E-state index is 6.09. The first kappa shape index (κ1) is 19.1. The molecule has 2 heterocycles. The third-order valence-corrected chi connectivity index (χ3v) is 5.42. The molecule has 8 heteroatoms. The van der Waals surface area contributed by atoms with E-state index in [4.69, 9.17) is 23.2 Å². The van der Waals surface area contributed by atoms with Crippen molar-refractivity contribution in [1.82, 2.24) is 20.2 Å². The van der Waals surface area contributed by atoms with Crippen LogP contribution in [0.2, 0.25) is 10.2 Å². The molecule has 0 fully saturated rings. The second-order valence-corrected chi connectivity index (χ2v) is 7.00. The second-order valence-electron chi connectivity index (χ2n) is 5.29. The molecule has 5 nitrogen and oxygen atoms in total. The molecule has 0 saturated carbocycles. The van der Waals surface area contributed by atoms with E-state index < -0.39 is 0 Å². The van der Waals surface area contributed by atoms with Crippen molar-refractivity contribution < 1.29 is 0 Å². The van der Waals surface area contributed by atoms with Gasteiger partial charge in [0.2, 0.25) is 0 Å². The lowest BCUT2D eigenvalue weighted by molar-refractivity contribution is 0.773. The quantitative estimate of drug-likeness (QED) is 0.562. The monoisotopic (exact) mass is 387 g/mol. The lowest BCUT2D eigenvalue weighted by Gasteiger charge is -2.11. The molecule has 2 rings (SSSR count). The summed E-state index contributed by atoms with van der Waals surface area (Å²) in [5.41, 5.74) is 2.09. The Bertz CT molecular complexity index is 693. The standard InChI is InChI=1S/C16H23Cl2N5S/c1-4-14-22-11(10-24-14)6-7-20-16(19-5-2)21-9-12-8-13(17)15(18)23(12)3/h8,10H,4-7,9H2,1-3H3,(H2,19,20,21). The fourth-order valence-electron chi connectivity index (χ4n) is 2.18. The van der Waals surface area contributed by atoms with E-state index in [1.54, 1.807) is 11.3 Å². The molecule has 0 atom stereocenters. The Balaban J connectivity index is 1.91. The van der Waals surface area contributed by atoms with Gasteiger partial charge in [-0.3, -0.25) is 0 Å². The molecule has 0 radical (unpaired) electrons. The van der Waals surface area contributed by atoms with Crippen molar-refractivity contribution in [3.05, 3.63) is 38.0 Å². The van der Waals surface area contributed by atoms with Gasteiger partial charge >= 0.3 is 0 Å². The number of nitrogens with zero attached hydrogens (tertiary/aromatic N) is 3. The molecule has 0 aromatic carbocycles. The highest BCUT2D eigenvalue weighted by molar-refractivity contribution is 7.09. The molecular weight excluding hydrogens is 365 g/mol. The summed E-state index contributed by atoms with van der Waals surface area (Å²) in [6.07, 6.45) is 1.87. The highest BCUT2D eigenvalue weighted by Gasteiger charge is 2.08. The predicted molar refractivity (Wildman–Crippen MR) is 103 cm³/mol. The molecule has 0 unspecified atom stereocenters. The number of rotatable bonds is 7. The summed E-state index contributed by atoms with van der Waals surface area (Å²) >= 11 is 13.8. The van der Waals surface area contributed by atoms with Crippen LogP contribution in [0.4, 0.5) is 0 Å². The van der Waals surface area contributed by atoms with E-state index in [-0.39, 0.29) is 0 Å². The van der Waals surface area contributed by atoms with Crippen LogP contribution < -0.4 is 10.6 Å². The summed E-state index contributed by atoms with van der Waals surface area (Å²) < 4.78 is 1.85. The van der Waals surface area contributed by atoms with Crippen LogP contribution in [0, 0.1) is 0 Å². The average molecular weight is 388 g/mol. The third-order valence-electron chi connectivity index (χ3n) is 3.53. The lowest BCUT2D eigenvalue weighted by atomic mass is 10.3. The Labute approximate surface area is 157 Å². The average Bonchev–Trinajstić information content (AvgIpc) is 3.13. The van der Waals surface area contributed by atoms with E-state index in [0.29, 0.717) is 16.7 Å². The van der Waals surface area contributed by atoms with E-state index in [1.165, 1.54) is 5.01 Å². The fourth-order valence-corrected chi connectivity index (χ4v) is 3.37. The summed E-state index contributed by atoms with van der Waals surface area (Å²) in [5, 5.41) is 11.0. The molecule has 0 aliphatic heterocycles. The Morgan fingerprint density at radius 3 is 2.71 bits per heavy atom. The van der Waals surface area contributed by atoms with Crippen LogP contribution in [-0.2, 0) is 26.4 Å². The number of hydrogen-bond acceptors (Lipinski definition) is 3. The fraction of sp³-hybridized carbons (Fsp3) is 0.500. The number of aryl methyl sites for hydroxylation is 1. The van der Waals surface area contributed by atoms with Gasteiger partial charge in [-0.15, -0.1) is 11.3 Å². The van der Waals surface area contributed by atoms with Crippen molar-refractivity contribution in [2.45, 2.75) is 33.2 Å². The van der Waals surface area contributed by atoms with Crippen LogP contribution in [-0.4, -0.2) is 28.6 Å². The molecule has 2 N–H and O–H groups in total. The molecule has 132 valence electrons. The Morgan fingerprint density at radius 1 is 1.33 bits per heavy atom. The van der Waals surface area contributed by atoms with Crippen molar-refractivity contribution in [1.29, 1.82) is 0 Å². The van der Waals surface area contributed by atoms with Crippen LogP contribution in [0.5, 0.6) is 0 Å². The minimum absolute atomic E-state index is 0.509. The SMILES string of the molecule is CCNC(=NCc1cc(Cl)c(Cl)n1C)NCCc1csc(CC)n1. The zero-order chi connectivity index (χ0) is 17.5. The van der Waals surface area contributed by atoms with E-state index in [1.807, 2.05) is 24.6 Å². The number of halogens is 2. The highest BCUT2D eigenvalue weighted by atomic mass is 35.5. The Hall–Kier alpha value is -1.24. The van der Waals surface area contributed by atoms with Crippen molar-refractivity contribution in [3.8, 4) is 0 Å². The van der Waals surface area contributed by atoms with E-state index in [9.17, 15) is 0 Å². The van der Waals surface area contributed by atoms with Gasteiger partial charge in [0.05, 0.1) is 22.3 Å². The van der Waals surface area contributed by atoms with Gasteiger partial charge in [-0.1, -0.05) is 30.1 Å². The van der Waals surface area contributed by atoms with Crippen LogP contribution in [0.1, 0.15) is 30.2 Å². The van der Waals surface area contributed by atoms with Gasteiger partial charge < -0.3 is 15.2 Å². The predicted octanol–water partition coefficient (Wildman–Crippen LogP) is 3.65. The van der Waals surface area contributed by atoms with Crippen LogP contribution in [0.3, 0.4) is 0 Å². The van der Waals surface area contributed by atoms with Crippen LogP contribution >= 0.6 is 34.5 Å². The highest BCUT2D eigenvalue weighted by Crippen LogP contribution is 2.25.